The first-order valence-electron chi connectivity index (χ1n) is 10.2. The summed E-state index contributed by atoms with van der Waals surface area (Å²) >= 11 is 1.36. The van der Waals surface area contributed by atoms with E-state index in [1.54, 1.807) is 17.1 Å². The van der Waals surface area contributed by atoms with Gasteiger partial charge in [-0.05, 0) is 24.3 Å². The summed E-state index contributed by atoms with van der Waals surface area (Å²) in [6.45, 7) is 0.0214. The topological polar surface area (TPSA) is 200 Å². The number of nitrogens with two attached hydrogens (primary N) is 1. The molecule has 184 valence electrons. The van der Waals surface area contributed by atoms with Crippen molar-refractivity contribution in [3.05, 3.63) is 52.7 Å². The van der Waals surface area contributed by atoms with Crippen LogP contribution < -0.4 is 10.5 Å². The van der Waals surface area contributed by atoms with Gasteiger partial charge >= 0.3 is 5.97 Å². The van der Waals surface area contributed by atoms with Crippen LogP contribution in [-0.2, 0) is 42.1 Å². The molecule has 1 fully saturated rings. The largest absolute Gasteiger partial charge is 0.479 e. The molecule has 3 atom stereocenters. The minimum atomic E-state index is -3.82. The first kappa shape index (κ1) is 24.6. The zero-order chi connectivity index (χ0) is 25.2. The molecule has 15 heteroatoms. The highest BCUT2D eigenvalue weighted by molar-refractivity contribution is 7.89. The van der Waals surface area contributed by atoms with E-state index in [0.717, 1.165) is 0 Å². The lowest BCUT2D eigenvalue weighted by molar-refractivity contribution is -0.138. The fourth-order valence-electron chi connectivity index (χ4n) is 3.37. The van der Waals surface area contributed by atoms with E-state index in [9.17, 15) is 22.8 Å². The van der Waals surface area contributed by atoms with E-state index in [4.69, 9.17) is 15.0 Å². The average molecular weight is 521 g/mol. The third-order valence-electron chi connectivity index (χ3n) is 5.22. The molecule has 4 rings (SSSR count). The molecule has 0 spiro atoms. The van der Waals surface area contributed by atoms with E-state index in [1.165, 1.54) is 40.3 Å². The molecule has 0 aliphatic carbocycles. The molecule has 0 unspecified atom stereocenters. The average Bonchev–Trinajstić information content (AvgIpc) is 3.21. The van der Waals surface area contributed by atoms with Crippen LogP contribution in [0.1, 0.15) is 17.8 Å². The summed E-state index contributed by atoms with van der Waals surface area (Å²) in [6.07, 6.45) is -0.643. The van der Waals surface area contributed by atoms with Crippen LogP contribution >= 0.6 is 11.3 Å². The number of ketones is 1. The second kappa shape index (κ2) is 9.99. The number of ether oxygens (including phenoxy) is 1. The fraction of sp³-hybridized carbons (Fsp3) is 0.300. The SMILES string of the molecule is NS(=O)(=O)c1ccc(-n2cc(CNC(=O)[C@@H](CC(=O)[C@H]3O[C@@H]3C(=O)O)Cc3cscn3)nn2)cc1. The zero-order valence-electron chi connectivity index (χ0n) is 18.0. The molecule has 0 saturated carbocycles. The van der Waals surface area contributed by atoms with Crippen molar-refractivity contribution in [3.63, 3.8) is 0 Å². The molecule has 3 aromatic rings. The number of carboxylic acids is 1. The highest BCUT2D eigenvalue weighted by Crippen LogP contribution is 2.27. The Hall–Kier alpha value is -3.53. The van der Waals surface area contributed by atoms with Gasteiger partial charge in [-0.3, -0.25) is 9.59 Å². The number of carbonyl (C=O) groups is 3. The molecule has 1 amide bonds. The lowest BCUT2D eigenvalue weighted by Gasteiger charge is -2.14. The lowest BCUT2D eigenvalue weighted by Crippen LogP contribution is -2.34. The maximum absolute atomic E-state index is 12.9. The normalized spacial score (nSPS) is 18.1. The smallest absolute Gasteiger partial charge is 0.336 e. The van der Waals surface area contributed by atoms with Crippen LogP contribution in [0.3, 0.4) is 0 Å². The van der Waals surface area contributed by atoms with E-state index >= 15 is 0 Å². The van der Waals surface area contributed by atoms with E-state index in [1.807, 2.05) is 0 Å². The third-order valence-corrected chi connectivity index (χ3v) is 6.79. The van der Waals surface area contributed by atoms with Crippen molar-refractivity contribution in [3.8, 4) is 5.69 Å². The number of epoxide rings is 1. The van der Waals surface area contributed by atoms with Gasteiger partial charge in [0.1, 0.15) is 5.69 Å². The Labute approximate surface area is 203 Å². The van der Waals surface area contributed by atoms with Crippen LogP contribution in [0.5, 0.6) is 0 Å². The van der Waals surface area contributed by atoms with Gasteiger partial charge in [0.2, 0.25) is 15.9 Å². The molecule has 3 heterocycles. The molecule has 1 aliphatic rings. The second-order valence-corrected chi connectivity index (χ2v) is 10.1. The molecule has 4 N–H and O–H groups in total. The van der Waals surface area contributed by atoms with E-state index in [0.29, 0.717) is 17.1 Å². The number of carbonyl (C=O) groups excluding carboxylic acids is 2. The summed E-state index contributed by atoms with van der Waals surface area (Å²) in [5.41, 5.74) is 3.21. The monoisotopic (exact) mass is 520 g/mol. The van der Waals surface area contributed by atoms with Crippen molar-refractivity contribution in [1.82, 2.24) is 25.3 Å². The number of benzene rings is 1. The first-order chi connectivity index (χ1) is 16.6. The van der Waals surface area contributed by atoms with E-state index < -0.39 is 45.8 Å². The summed E-state index contributed by atoms with van der Waals surface area (Å²) in [5.74, 6) is -2.87. The maximum atomic E-state index is 12.9. The molecule has 35 heavy (non-hydrogen) atoms. The summed E-state index contributed by atoms with van der Waals surface area (Å²) in [5, 5.41) is 26.5. The Morgan fingerprint density at radius 1 is 1.20 bits per heavy atom. The molecule has 1 aromatic carbocycles. The van der Waals surface area contributed by atoms with Crippen LogP contribution in [0.4, 0.5) is 0 Å². The Bertz CT molecular complexity index is 1340. The predicted octanol–water partition coefficient (Wildman–Crippen LogP) is -0.342. The molecule has 13 nitrogen and oxygen atoms in total. The van der Waals surface area contributed by atoms with Crippen LogP contribution in [0, 0.1) is 5.92 Å². The van der Waals surface area contributed by atoms with Gasteiger partial charge in [0.25, 0.3) is 0 Å². The number of primary sulfonamides is 1. The minimum Gasteiger partial charge on any atom is -0.479 e. The number of sulfonamides is 1. The summed E-state index contributed by atoms with van der Waals surface area (Å²) in [6, 6.07) is 5.70. The molecule has 0 bridgehead atoms. The number of thiazole rings is 1. The molecular formula is C20H20N6O7S2. The van der Waals surface area contributed by atoms with Gasteiger partial charge in [-0.15, -0.1) is 16.4 Å². The molecule has 2 aromatic heterocycles. The zero-order valence-corrected chi connectivity index (χ0v) is 19.6. The highest BCUT2D eigenvalue weighted by Gasteiger charge is 2.50. The number of hydrogen-bond donors (Lipinski definition) is 3. The lowest BCUT2D eigenvalue weighted by atomic mass is 9.94. The van der Waals surface area contributed by atoms with Crippen molar-refractivity contribution in [2.45, 2.75) is 36.5 Å². The number of Topliss-reactive ketones (excluding diaryl/α,β-unsaturated/α-hetero) is 1. The van der Waals surface area contributed by atoms with Gasteiger partial charge in [-0.1, -0.05) is 5.21 Å². The quantitative estimate of drug-likeness (QED) is 0.281. The van der Waals surface area contributed by atoms with Gasteiger partial charge in [0.15, 0.2) is 18.0 Å². The van der Waals surface area contributed by atoms with Crippen LogP contribution in [0.15, 0.2) is 46.2 Å². The molecular weight excluding hydrogens is 500 g/mol. The van der Waals surface area contributed by atoms with Gasteiger partial charge in [0.05, 0.1) is 40.4 Å². The number of nitrogens with zero attached hydrogens (tertiary/aromatic N) is 4. The van der Waals surface area contributed by atoms with Gasteiger partial charge in [-0.2, -0.15) is 0 Å². The van der Waals surface area contributed by atoms with Crippen molar-refractivity contribution in [2.24, 2.45) is 11.1 Å². The fourth-order valence-corrected chi connectivity index (χ4v) is 4.46. The number of aromatic nitrogens is 4. The Kier molecular flexibility index (Phi) is 7.02. The van der Waals surface area contributed by atoms with Gasteiger partial charge in [0, 0.05) is 18.2 Å². The number of aliphatic carboxylic acids is 1. The maximum Gasteiger partial charge on any atom is 0.336 e. The third kappa shape index (κ3) is 6.13. The number of rotatable bonds is 11. The van der Waals surface area contributed by atoms with Crippen molar-refractivity contribution < 1.29 is 32.6 Å². The number of amides is 1. The summed E-state index contributed by atoms with van der Waals surface area (Å²) < 4.78 is 29.1. The van der Waals surface area contributed by atoms with E-state index in [-0.39, 0.29) is 24.3 Å². The van der Waals surface area contributed by atoms with Crippen molar-refractivity contribution in [2.75, 3.05) is 0 Å². The van der Waals surface area contributed by atoms with Crippen LogP contribution in [0.2, 0.25) is 0 Å². The summed E-state index contributed by atoms with van der Waals surface area (Å²) in [7, 11) is -3.82. The second-order valence-electron chi connectivity index (χ2n) is 7.78. The first-order valence-corrected chi connectivity index (χ1v) is 12.7. The Morgan fingerprint density at radius 2 is 1.94 bits per heavy atom. The van der Waals surface area contributed by atoms with E-state index in [2.05, 4.69) is 20.6 Å². The minimum absolute atomic E-state index is 0.0214. The standard InChI is InChI=1S/C20H20N6O7S2/c21-35(31,32)15-3-1-14(2-4-15)26-8-13(24-25-26)7-22-19(28)11(5-12-9-34-10-23-12)6-16(27)17-18(33-17)20(29)30/h1-4,8-11,17-18H,5-7H2,(H,22,28)(H,29,30)(H2,21,31,32)/t11-,17-,18+/m1/s1. The van der Waals surface area contributed by atoms with Crippen molar-refractivity contribution in [1.29, 1.82) is 0 Å². The molecule has 0 radical (unpaired) electrons. The Balaban J connectivity index is 1.39. The van der Waals surface area contributed by atoms with Crippen LogP contribution in [-0.4, -0.2) is 63.4 Å². The number of hydrogen-bond acceptors (Lipinski definition) is 10. The van der Waals surface area contributed by atoms with Crippen LogP contribution in [0.25, 0.3) is 5.69 Å². The van der Waals surface area contributed by atoms with Gasteiger partial charge in [-0.25, -0.2) is 28.0 Å². The van der Waals surface area contributed by atoms with Crippen molar-refractivity contribution >= 4 is 39.0 Å². The summed E-state index contributed by atoms with van der Waals surface area (Å²) in [4.78, 5) is 40.4. The van der Waals surface area contributed by atoms with Gasteiger partial charge < -0.3 is 15.2 Å². The Morgan fingerprint density at radius 3 is 2.54 bits per heavy atom. The number of carboxylic acid groups (broad SMARTS) is 1. The highest BCUT2D eigenvalue weighted by atomic mass is 32.2. The predicted molar refractivity (Wildman–Crippen MR) is 120 cm³/mol. The molecule has 1 saturated heterocycles. The number of nitrogens with one attached hydrogen (secondary N) is 1. The molecule has 1 aliphatic heterocycles.